The number of hydrogen-bond donors (Lipinski definition) is 2. The van der Waals surface area contributed by atoms with Crippen LogP contribution in [-0.2, 0) is 14.4 Å². The van der Waals surface area contributed by atoms with Crippen LogP contribution in [0.3, 0.4) is 0 Å². The lowest BCUT2D eigenvalue weighted by molar-refractivity contribution is -0.136. The van der Waals surface area contributed by atoms with Crippen molar-refractivity contribution < 1.29 is 14.4 Å². The lowest BCUT2D eigenvalue weighted by atomic mass is 9.81. The SMILES string of the molecule is CCC[C@H](C(N)=O)[C@@H](CC(C)C)C(=O)N[C@H]1N=C(c2ccccc2)c2ccccc2N(C)C1=O. The zero-order valence-corrected chi connectivity index (χ0v) is 20.3. The Morgan fingerprint density at radius 1 is 1.06 bits per heavy atom. The Labute approximate surface area is 201 Å². The summed E-state index contributed by atoms with van der Waals surface area (Å²) < 4.78 is 0. The number of hydrogen-bond acceptors (Lipinski definition) is 4. The molecule has 7 nitrogen and oxygen atoms in total. The van der Waals surface area contributed by atoms with Crippen LogP contribution in [0.25, 0.3) is 0 Å². The van der Waals surface area contributed by atoms with Crippen molar-refractivity contribution in [1.29, 1.82) is 0 Å². The van der Waals surface area contributed by atoms with E-state index in [9.17, 15) is 14.4 Å². The zero-order valence-electron chi connectivity index (χ0n) is 20.3. The molecule has 0 radical (unpaired) electrons. The number of amides is 3. The van der Waals surface area contributed by atoms with E-state index in [2.05, 4.69) is 5.32 Å². The predicted molar refractivity (Wildman–Crippen MR) is 134 cm³/mol. The number of nitrogens with zero attached hydrogens (tertiary/aromatic N) is 2. The van der Waals surface area contributed by atoms with Crippen LogP contribution in [0, 0.1) is 17.8 Å². The summed E-state index contributed by atoms with van der Waals surface area (Å²) in [4.78, 5) is 45.4. The minimum absolute atomic E-state index is 0.176. The maximum atomic E-state index is 13.5. The van der Waals surface area contributed by atoms with E-state index in [1.807, 2.05) is 75.4 Å². The van der Waals surface area contributed by atoms with Crippen molar-refractivity contribution >= 4 is 29.1 Å². The Bertz CT molecular complexity index is 1060. The Morgan fingerprint density at radius 3 is 2.32 bits per heavy atom. The standard InChI is InChI=1S/C27H34N4O3/c1-5-11-19(24(28)32)21(16-17(2)3)26(33)30-25-27(34)31(4)22-15-10-9-14-20(22)23(29-25)18-12-7-6-8-13-18/h6-10,12-15,17,19,21,25H,5,11,16H2,1-4H3,(H2,28,32)(H,30,33)/t19-,21+,25+/m0/s1. The lowest BCUT2D eigenvalue weighted by Crippen LogP contribution is -2.50. The molecule has 3 rings (SSSR count). The molecule has 0 fully saturated rings. The van der Waals surface area contributed by atoms with Crippen molar-refractivity contribution in [2.45, 2.75) is 46.2 Å². The second kappa shape index (κ2) is 11.1. The van der Waals surface area contributed by atoms with Gasteiger partial charge in [-0.2, -0.15) is 0 Å². The maximum Gasteiger partial charge on any atom is 0.272 e. The zero-order chi connectivity index (χ0) is 24.8. The first-order valence-corrected chi connectivity index (χ1v) is 11.8. The van der Waals surface area contributed by atoms with Crippen molar-refractivity contribution in [2.24, 2.45) is 28.5 Å². The number of fused-ring (bicyclic) bond motifs is 1. The van der Waals surface area contributed by atoms with Gasteiger partial charge in [-0.15, -0.1) is 0 Å². The fraction of sp³-hybridized carbons (Fsp3) is 0.407. The third kappa shape index (κ3) is 5.53. The minimum atomic E-state index is -1.12. The molecular weight excluding hydrogens is 428 g/mol. The van der Waals surface area contributed by atoms with Gasteiger partial charge in [-0.05, 0) is 24.8 Å². The molecule has 0 aromatic heterocycles. The molecule has 1 aliphatic rings. The predicted octanol–water partition coefficient (Wildman–Crippen LogP) is 3.51. The van der Waals surface area contributed by atoms with E-state index in [0.29, 0.717) is 24.2 Å². The number of nitrogens with two attached hydrogens (primary N) is 1. The Kier molecular flexibility index (Phi) is 8.21. The molecule has 0 unspecified atom stereocenters. The molecule has 0 saturated heterocycles. The highest BCUT2D eigenvalue weighted by atomic mass is 16.2. The van der Waals surface area contributed by atoms with Gasteiger partial charge < -0.3 is 16.0 Å². The third-order valence-electron chi connectivity index (χ3n) is 6.18. The van der Waals surface area contributed by atoms with Crippen LogP contribution in [0.1, 0.15) is 51.2 Å². The number of nitrogens with one attached hydrogen (secondary N) is 1. The first kappa shape index (κ1) is 25.1. The number of aliphatic imine (C=N–C) groups is 1. The summed E-state index contributed by atoms with van der Waals surface area (Å²) in [5.74, 6) is -2.26. The van der Waals surface area contributed by atoms with Crippen molar-refractivity contribution in [3.05, 3.63) is 65.7 Å². The molecule has 0 bridgehead atoms. The van der Waals surface area contributed by atoms with Gasteiger partial charge in [0.1, 0.15) is 0 Å². The van der Waals surface area contributed by atoms with E-state index in [-0.39, 0.29) is 17.7 Å². The van der Waals surface area contributed by atoms with Gasteiger partial charge in [-0.3, -0.25) is 14.4 Å². The van der Waals surface area contributed by atoms with Gasteiger partial charge in [0, 0.05) is 30.0 Å². The average molecular weight is 463 g/mol. The number of likely N-dealkylation sites (N-methyl/N-ethyl adjacent to an activating group) is 1. The van der Waals surface area contributed by atoms with Gasteiger partial charge in [-0.25, -0.2) is 4.99 Å². The average Bonchev–Trinajstić information content (AvgIpc) is 2.92. The quantitative estimate of drug-likeness (QED) is 0.596. The molecule has 0 saturated carbocycles. The van der Waals surface area contributed by atoms with Crippen molar-refractivity contribution in [3.8, 4) is 0 Å². The van der Waals surface area contributed by atoms with Crippen molar-refractivity contribution in [3.63, 3.8) is 0 Å². The summed E-state index contributed by atoms with van der Waals surface area (Å²) in [5.41, 5.74) is 8.67. The van der Waals surface area contributed by atoms with Crippen molar-refractivity contribution in [1.82, 2.24) is 5.32 Å². The number of benzene rings is 2. The van der Waals surface area contributed by atoms with Crippen LogP contribution < -0.4 is 16.0 Å². The van der Waals surface area contributed by atoms with E-state index < -0.39 is 23.9 Å². The number of primary amides is 1. The summed E-state index contributed by atoms with van der Waals surface area (Å²) in [6.07, 6.45) is 0.616. The molecular formula is C27H34N4O3. The summed E-state index contributed by atoms with van der Waals surface area (Å²) in [5, 5.41) is 2.85. The molecule has 1 heterocycles. The summed E-state index contributed by atoms with van der Waals surface area (Å²) in [6, 6.07) is 17.1. The van der Waals surface area contributed by atoms with Crippen LogP contribution in [0.15, 0.2) is 59.6 Å². The fourth-order valence-electron chi connectivity index (χ4n) is 4.50. The molecule has 3 atom stereocenters. The second-order valence-corrected chi connectivity index (χ2v) is 9.20. The van der Waals surface area contributed by atoms with Crippen LogP contribution in [0.2, 0.25) is 0 Å². The number of carbonyl (C=O) groups excluding carboxylic acids is 3. The summed E-state index contributed by atoms with van der Waals surface area (Å²) >= 11 is 0. The van der Waals surface area contributed by atoms with Crippen LogP contribution in [0.4, 0.5) is 5.69 Å². The molecule has 1 aliphatic heterocycles. The number of anilines is 1. The molecule has 2 aromatic carbocycles. The van der Waals surface area contributed by atoms with Crippen LogP contribution in [-0.4, -0.2) is 36.6 Å². The molecule has 3 N–H and O–H groups in total. The lowest BCUT2D eigenvalue weighted by Gasteiger charge is -2.27. The van der Waals surface area contributed by atoms with Gasteiger partial charge in [-0.1, -0.05) is 75.7 Å². The first-order valence-electron chi connectivity index (χ1n) is 11.8. The number of rotatable bonds is 9. The topological polar surface area (TPSA) is 105 Å². The van der Waals surface area contributed by atoms with Crippen LogP contribution in [0.5, 0.6) is 0 Å². The Balaban J connectivity index is 2.02. The number of para-hydroxylation sites is 1. The maximum absolute atomic E-state index is 13.5. The van der Waals surface area contributed by atoms with Gasteiger partial charge in [0.05, 0.1) is 11.4 Å². The third-order valence-corrected chi connectivity index (χ3v) is 6.18. The summed E-state index contributed by atoms with van der Waals surface area (Å²) in [7, 11) is 1.68. The highest BCUT2D eigenvalue weighted by molar-refractivity contribution is 6.20. The fourth-order valence-corrected chi connectivity index (χ4v) is 4.50. The smallest absolute Gasteiger partial charge is 0.272 e. The highest BCUT2D eigenvalue weighted by Crippen LogP contribution is 2.29. The minimum Gasteiger partial charge on any atom is -0.369 e. The van der Waals surface area contributed by atoms with Gasteiger partial charge in [0.15, 0.2) is 0 Å². The second-order valence-electron chi connectivity index (χ2n) is 9.20. The molecule has 2 aromatic rings. The van der Waals surface area contributed by atoms with Crippen LogP contribution >= 0.6 is 0 Å². The molecule has 180 valence electrons. The molecule has 7 heteroatoms. The van der Waals surface area contributed by atoms with Crippen molar-refractivity contribution in [2.75, 3.05) is 11.9 Å². The normalized spacial score (nSPS) is 17.4. The van der Waals surface area contributed by atoms with E-state index in [4.69, 9.17) is 10.7 Å². The van der Waals surface area contributed by atoms with E-state index in [0.717, 1.165) is 17.5 Å². The molecule has 3 amide bonds. The monoisotopic (exact) mass is 462 g/mol. The number of carbonyl (C=O) groups is 3. The van der Waals surface area contributed by atoms with Gasteiger partial charge >= 0.3 is 0 Å². The van der Waals surface area contributed by atoms with Gasteiger partial charge in [0.25, 0.3) is 5.91 Å². The first-order chi connectivity index (χ1) is 16.2. The van der Waals surface area contributed by atoms with Gasteiger partial charge in [0.2, 0.25) is 18.0 Å². The molecule has 34 heavy (non-hydrogen) atoms. The summed E-state index contributed by atoms with van der Waals surface area (Å²) in [6.45, 7) is 5.95. The number of benzodiazepines with no additional fused rings is 1. The largest absolute Gasteiger partial charge is 0.369 e. The van der Waals surface area contributed by atoms with E-state index >= 15 is 0 Å². The Morgan fingerprint density at radius 2 is 1.71 bits per heavy atom. The van der Waals surface area contributed by atoms with E-state index in [1.54, 1.807) is 7.05 Å². The highest BCUT2D eigenvalue weighted by Gasteiger charge is 2.36. The Hall–Kier alpha value is -3.48. The molecule has 0 spiro atoms. The molecule has 0 aliphatic carbocycles. The van der Waals surface area contributed by atoms with E-state index in [1.165, 1.54) is 4.90 Å².